The molecule has 1 fully saturated rings. The van der Waals surface area contributed by atoms with E-state index in [2.05, 4.69) is 18.0 Å². The van der Waals surface area contributed by atoms with Gasteiger partial charge in [-0.25, -0.2) is 9.97 Å². The Bertz CT molecular complexity index is 872. The molecule has 1 aliphatic rings. The fourth-order valence-electron chi connectivity index (χ4n) is 3.16. The van der Waals surface area contributed by atoms with E-state index in [-0.39, 0.29) is 0 Å². The van der Waals surface area contributed by atoms with Crippen LogP contribution in [0.25, 0.3) is 22.3 Å². The van der Waals surface area contributed by atoms with Crippen molar-refractivity contribution in [2.75, 3.05) is 38.1 Å². The first-order valence-electron chi connectivity index (χ1n) is 8.30. The van der Waals surface area contributed by atoms with Crippen molar-refractivity contribution in [3.05, 3.63) is 53.6 Å². The van der Waals surface area contributed by atoms with Crippen LogP contribution in [0, 0.1) is 0 Å². The molecular weight excluding hydrogens is 320 g/mol. The van der Waals surface area contributed by atoms with Crippen LogP contribution in [-0.4, -0.2) is 43.2 Å². The number of nitrogens with zero attached hydrogens (tertiary/aromatic N) is 3. The Balaban J connectivity index is 1.87. The van der Waals surface area contributed by atoms with Gasteiger partial charge in [0.15, 0.2) is 5.82 Å². The molecule has 0 unspecified atom stereocenters. The topological polar surface area (TPSA) is 33.5 Å². The maximum atomic E-state index is 6.37. The van der Waals surface area contributed by atoms with Crippen molar-refractivity contribution in [1.82, 2.24) is 9.97 Å². The summed E-state index contributed by atoms with van der Waals surface area (Å²) in [4.78, 5) is 13.6. The quantitative estimate of drug-likeness (QED) is 0.777. The predicted molar refractivity (Wildman–Crippen MR) is 98.8 cm³/mol. The zero-order valence-corrected chi connectivity index (χ0v) is 14.4. The number of fused-ring (bicyclic) bond motifs is 1. The fraction of sp³-hybridized carbons (Fsp3) is 0.263. The molecule has 0 radical (unpaired) electrons. The van der Waals surface area contributed by atoms with Gasteiger partial charge in [0.25, 0.3) is 0 Å². The lowest BCUT2D eigenvalue weighted by atomic mass is 10.1. The van der Waals surface area contributed by atoms with Crippen LogP contribution in [0.15, 0.2) is 48.5 Å². The minimum atomic E-state index is 0.682. The van der Waals surface area contributed by atoms with E-state index in [1.54, 1.807) is 4.90 Å². The monoisotopic (exact) mass is 339 g/mol. The normalized spacial score (nSPS) is 15.8. The molecule has 0 atom stereocenters. The molecule has 0 spiro atoms. The highest BCUT2D eigenvalue weighted by Gasteiger charge is 2.21. The van der Waals surface area contributed by atoms with Crippen LogP contribution >= 0.6 is 11.6 Å². The molecule has 2 aromatic carbocycles. The van der Waals surface area contributed by atoms with Crippen LogP contribution in [0.2, 0.25) is 5.02 Å². The molecule has 0 bridgehead atoms. The summed E-state index contributed by atoms with van der Waals surface area (Å²) in [6.45, 7) is 4.27. The molecule has 122 valence electrons. The van der Waals surface area contributed by atoms with Crippen LogP contribution in [0.5, 0.6) is 0 Å². The number of rotatable bonds is 2. The van der Waals surface area contributed by atoms with Crippen LogP contribution < -0.4 is 9.80 Å². The standard InChI is InChI=1S/C19H19ClN4/c1-23-10-12-24(13-11-23)19-15-7-3-5-9-17(15)21-18(22-19)14-6-2-4-8-16(14)20/h2-9H,10-13H2,1H3/p+1. The van der Waals surface area contributed by atoms with Crippen molar-refractivity contribution in [3.63, 3.8) is 0 Å². The van der Waals surface area contributed by atoms with Gasteiger partial charge < -0.3 is 9.80 Å². The average molecular weight is 340 g/mol. The maximum absolute atomic E-state index is 6.37. The van der Waals surface area contributed by atoms with Crippen LogP contribution in [0.1, 0.15) is 0 Å². The molecular formula is C19H20ClN4+. The molecule has 1 saturated heterocycles. The third-order valence-corrected chi connectivity index (χ3v) is 4.94. The van der Waals surface area contributed by atoms with Crippen molar-refractivity contribution < 1.29 is 4.90 Å². The Morgan fingerprint density at radius 3 is 2.46 bits per heavy atom. The Morgan fingerprint density at radius 1 is 0.958 bits per heavy atom. The van der Waals surface area contributed by atoms with E-state index >= 15 is 0 Å². The minimum absolute atomic E-state index is 0.682. The number of likely N-dealkylation sites (N-methyl/N-ethyl adjacent to an activating group) is 1. The molecule has 4 rings (SSSR count). The number of para-hydroxylation sites is 1. The smallest absolute Gasteiger partial charge is 0.163 e. The third-order valence-electron chi connectivity index (χ3n) is 4.61. The first-order valence-corrected chi connectivity index (χ1v) is 8.68. The molecule has 3 aromatic rings. The van der Waals surface area contributed by atoms with Gasteiger partial charge in [-0.3, -0.25) is 0 Å². The van der Waals surface area contributed by atoms with E-state index in [1.165, 1.54) is 0 Å². The van der Waals surface area contributed by atoms with Gasteiger partial charge in [0, 0.05) is 10.9 Å². The average Bonchev–Trinajstić information content (AvgIpc) is 2.62. The van der Waals surface area contributed by atoms with Crippen molar-refractivity contribution in [2.24, 2.45) is 0 Å². The van der Waals surface area contributed by atoms with Gasteiger partial charge in [-0.05, 0) is 24.3 Å². The van der Waals surface area contributed by atoms with Crippen molar-refractivity contribution in [3.8, 4) is 11.4 Å². The Morgan fingerprint density at radius 2 is 1.67 bits per heavy atom. The minimum Gasteiger partial charge on any atom is -0.345 e. The summed E-state index contributed by atoms with van der Waals surface area (Å²) < 4.78 is 0. The first-order chi connectivity index (χ1) is 11.7. The maximum Gasteiger partial charge on any atom is 0.163 e. The molecule has 0 amide bonds. The van der Waals surface area contributed by atoms with E-state index in [0.29, 0.717) is 10.8 Å². The van der Waals surface area contributed by atoms with E-state index in [4.69, 9.17) is 21.6 Å². The van der Waals surface area contributed by atoms with Gasteiger partial charge in [0.2, 0.25) is 0 Å². The van der Waals surface area contributed by atoms with Crippen LogP contribution in [-0.2, 0) is 0 Å². The summed E-state index contributed by atoms with van der Waals surface area (Å²) in [5.41, 5.74) is 1.84. The second kappa shape index (κ2) is 6.38. The third kappa shape index (κ3) is 2.83. The highest BCUT2D eigenvalue weighted by molar-refractivity contribution is 6.33. The van der Waals surface area contributed by atoms with Gasteiger partial charge in [0.05, 0.1) is 43.8 Å². The summed E-state index contributed by atoms with van der Waals surface area (Å²) >= 11 is 6.37. The van der Waals surface area contributed by atoms with Crippen molar-refractivity contribution >= 4 is 28.3 Å². The van der Waals surface area contributed by atoms with Crippen molar-refractivity contribution in [1.29, 1.82) is 0 Å². The molecule has 4 nitrogen and oxygen atoms in total. The van der Waals surface area contributed by atoms with Crippen molar-refractivity contribution in [2.45, 2.75) is 0 Å². The number of aromatic nitrogens is 2. The number of hydrogen-bond donors (Lipinski definition) is 1. The largest absolute Gasteiger partial charge is 0.345 e. The Labute approximate surface area is 146 Å². The second-order valence-electron chi connectivity index (χ2n) is 6.31. The summed E-state index contributed by atoms with van der Waals surface area (Å²) in [5, 5.41) is 1.79. The molecule has 1 N–H and O–H groups in total. The van der Waals surface area contributed by atoms with E-state index in [9.17, 15) is 0 Å². The Hall–Kier alpha value is -2.17. The van der Waals surface area contributed by atoms with Gasteiger partial charge >= 0.3 is 0 Å². The SMILES string of the molecule is C[NH+]1CCN(c2nc(-c3ccccc3Cl)nc3ccccc23)CC1. The number of halogens is 1. The Kier molecular flexibility index (Phi) is 4.08. The van der Waals surface area contributed by atoms with Crippen LogP contribution in [0.4, 0.5) is 5.82 Å². The first kappa shape index (κ1) is 15.4. The number of piperazine rings is 1. The highest BCUT2D eigenvalue weighted by atomic mass is 35.5. The zero-order chi connectivity index (χ0) is 16.5. The predicted octanol–water partition coefficient (Wildman–Crippen LogP) is 2.28. The number of benzene rings is 2. The molecule has 1 aromatic heterocycles. The lowest BCUT2D eigenvalue weighted by Crippen LogP contribution is -3.12. The van der Waals surface area contributed by atoms with Crippen LogP contribution in [0.3, 0.4) is 0 Å². The zero-order valence-electron chi connectivity index (χ0n) is 13.7. The summed E-state index contributed by atoms with van der Waals surface area (Å²) in [7, 11) is 2.24. The molecule has 1 aliphatic heterocycles. The lowest BCUT2D eigenvalue weighted by Gasteiger charge is -2.31. The lowest BCUT2D eigenvalue weighted by molar-refractivity contribution is -0.880. The fourth-order valence-corrected chi connectivity index (χ4v) is 3.38. The molecule has 2 heterocycles. The molecule has 5 heteroatoms. The van der Waals surface area contributed by atoms with E-state index in [0.717, 1.165) is 48.5 Å². The van der Waals surface area contributed by atoms with E-state index in [1.807, 2.05) is 42.5 Å². The number of anilines is 1. The van der Waals surface area contributed by atoms with Gasteiger partial charge in [-0.15, -0.1) is 0 Å². The van der Waals surface area contributed by atoms with E-state index < -0.39 is 0 Å². The summed E-state index contributed by atoms with van der Waals surface area (Å²) in [6, 6.07) is 16.0. The van der Waals surface area contributed by atoms with Gasteiger partial charge in [-0.2, -0.15) is 0 Å². The van der Waals surface area contributed by atoms with Gasteiger partial charge in [-0.1, -0.05) is 35.9 Å². The summed E-state index contributed by atoms with van der Waals surface area (Å²) in [5.74, 6) is 1.71. The number of hydrogen-bond acceptors (Lipinski definition) is 3. The summed E-state index contributed by atoms with van der Waals surface area (Å²) in [6.07, 6.45) is 0. The molecule has 0 aliphatic carbocycles. The molecule has 0 saturated carbocycles. The molecule has 24 heavy (non-hydrogen) atoms. The highest BCUT2D eigenvalue weighted by Crippen LogP contribution is 2.30. The second-order valence-corrected chi connectivity index (χ2v) is 6.72. The van der Waals surface area contributed by atoms with Gasteiger partial charge in [0.1, 0.15) is 5.82 Å². The number of quaternary nitrogens is 1. The number of nitrogens with one attached hydrogen (secondary N) is 1.